The summed E-state index contributed by atoms with van der Waals surface area (Å²) >= 11 is 0. The Kier molecular flexibility index (Phi) is 6.79. The molecule has 4 N–H and O–H groups in total. The molecule has 1 fully saturated rings. The molecule has 3 heterocycles. The van der Waals surface area contributed by atoms with E-state index in [0.29, 0.717) is 17.1 Å². The van der Waals surface area contributed by atoms with Gasteiger partial charge in [0.05, 0.1) is 23.8 Å². The fourth-order valence-corrected chi connectivity index (χ4v) is 3.96. The second kappa shape index (κ2) is 9.91. The van der Waals surface area contributed by atoms with E-state index >= 15 is 0 Å². The molecule has 8 nitrogen and oxygen atoms in total. The maximum atomic E-state index is 14.7. The lowest BCUT2D eigenvalue weighted by Gasteiger charge is -2.29. The molecule has 0 unspecified atom stereocenters. The zero-order valence-corrected chi connectivity index (χ0v) is 19.1. The number of aromatic nitrogens is 3. The smallest absolute Gasteiger partial charge is 0.229 e. The van der Waals surface area contributed by atoms with Crippen molar-refractivity contribution in [2.45, 2.75) is 13.8 Å². The summed E-state index contributed by atoms with van der Waals surface area (Å²) in [5, 5.41) is 17.8. The van der Waals surface area contributed by atoms with E-state index in [0.717, 1.165) is 49.3 Å². The van der Waals surface area contributed by atoms with Crippen molar-refractivity contribution < 1.29 is 4.39 Å². The van der Waals surface area contributed by atoms with Gasteiger partial charge in [-0.1, -0.05) is 19.9 Å². The minimum atomic E-state index is -0.526. The zero-order chi connectivity index (χ0) is 23.4. The Morgan fingerprint density at radius 3 is 2.61 bits per heavy atom. The normalized spacial score (nSPS) is 17.8. The van der Waals surface area contributed by atoms with Crippen molar-refractivity contribution in [1.29, 1.82) is 5.41 Å². The molecule has 0 bridgehead atoms. The number of pyridine rings is 1. The second-order valence-electron chi connectivity index (χ2n) is 8.23. The van der Waals surface area contributed by atoms with E-state index in [1.165, 1.54) is 0 Å². The summed E-state index contributed by atoms with van der Waals surface area (Å²) in [6, 6.07) is 3.87. The van der Waals surface area contributed by atoms with Crippen molar-refractivity contribution in [2.75, 3.05) is 43.4 Å². The Balaban J connectivity index is 1.58. The second-order valence-corrected chi connectivity index (χ2v) is 8.23. The van der Waals surface area contributed by atoms with Crippen LogP contribution in [-0.2, 0) is 0 Å². The van der Waals surface area contributed by atoms with Gasteiger partial charge in [0.1, 0.15) is 11.5 Å². The van der Waals surface area contributed by atoms with E-state index in [4.69, 9.17) is 5.41 Å². The van der Waals surface area contributed by atoms with Crippen molar-refractivity contribution in [3.05, 3.63) is 65.5 Å². The lowest BCUT2D eigenvalue weighted by atomic mass is 9.93. The maximum Gasteiger partial charge on any atom is 0.229 e. The fraction of sp³-hybridized carbons (Fsp3) is 0.333. The SMILES string of the molecule is CN/C(=C1/C=C(c2nc(Nc3ccc(N4CCNCC4)cn3)ncc2F)C=CC1=N)C(C)C. The molecule has 172 valence electrons. The topological polar surface area (TPSA) is 102 Å². The van der Waals surface area contributed by atoms with Gasteiger partial charge in [0.2, 0.25) is 5.95 Å². The minimum absolute atomic E-state index is 0.172. The highest BCUT2D eigenvalue weighted by molar-refractivity contribution is 6.13. The summed E-state index contributed by atoms with van der Waals surface area (Å²) in [5.41, 5.74) is 3.83. The summed E-state index contributed by atoms with van der Waals surface area (Å²) in [4.78, 5) is 15.2. The number of hydrogen-bond donors (Lipinski definition) is 4. The van der Waals surface area contributed by atoms with Gasteiger partial charge in [-0.2, -0.15) is 0 Å². The first-order valence-electron chi connectivity index (χ1n) is 11.1. The van der Waals surface area contributed by atoms with Gasteiger partial charge in [0, 0.05) is 50.1 Å². The highest BCUT2D eigenvalue weighted by Gasteiger charge is 2.19. The van der Waals surface area contributed by atoms with E-state index in [1.807, 2.05) is 39.2 Å². The van der Waals surface area contributed by atoms with Crippen LogP contribution in [0.5, 0.6) is 0 Å². The Morgan fingerprint density at radius 1 is 1.15 bits per heavy atom. The predicted molar refractivity (Wildman–Crippen MR) is 130 cm³/mol. The van der Waals surface area contributed by atoms with Crippen LogP contribution < -0.4 is 20.9 Å². The van der Waals surface area contributed by atoms with Gasteiger partial charge in [0.25, 0.3) is 0 Å². The largest absolute Gasteiger partial charge is 0.391 e. The molecule has 1 saturated heterocycles. The number of hydrogen-bond acceptors (Lipinski definition) is 8. The van der Waals surface area contributed by atoms with Crippen LogP contribution in [0, 0.1) is 17.1 Å². The quantitative estimate of drug-likeness (QED) is 0.538. The third-order valence-corrected chi connectivity index (χ3v) is 5.64. The van der Waals surface area contributed by atoms with Crippen LogP contribution in [-0.4, -0.2) is 53.9 Å². The van der Waals surface area contributed by atoms with E-state index in [-0.39, 0.29) is 17.6 Å². The van der Waals surface area contributed by atoms with Crippen LogP contribution in [0.1, 0.15) is 19.5 Å². The minimum Gasteiger partial charge on any atom is -0.391 e. The molecule has 1 aliphatic heterocycles. The number of anilines is 3. The number of piperazine rings is 1. The van der Waals surface area contributed by atoms with Crippen molar-refractivity contribution >= 4 is 28.7 Å². The fourth-order valence-electron chi connectivity index (χ4n) is 3.96. The zero-order valence-electron chi connectivity index (χ0n) is 19.1. The van der Waals surface area contributed by atoms with Gasteiger partial charge in [-0.05, 0) is 30.2 Å². The Morgan fingerprint density at radius 2 is 1.94 bits per heavy atom. The third kappa shape index (κ3) is 5.09. The molecule has 2 aromatic rings. The lowest BCUT2D eigenvalue weighted by Crippen LogP contribution is -2.43. The average Bonchev–Trinajstić information content (AvgIpc) is 2.83. The first-order valence-corrected chi connectivity index (χ1v) is 11.1. The molecular formula is C24H29FN8. The molecule has 2 aliphatic rings. The van der Waals surface area contributed by atoms with Crippen LogP contribution in [0.25, 0.3) is 5.57 Å². The molecule has 2 aromatic heterocycles. The van der Waals surface area contributed by atoms with Crippen molar-refractivity contribution in [2.24, 2.45) is 5.92 Å². The molecule has 0 radical (unpaired) electrons. The summed E-state index contributed by atoms with van der Waals surface area (Å²) in [6.45, 7) is 7.90. The monoisotopic (exact) mass is 448 g/mol. The van der Waals surface area contributed by atoms with E-state index in [9.17, 15) is 4.39 Å². The Bertz CT molecular complexity index is 1110. The number of rotatable bonds is 6. The van der Waals surface area contributed by atoms with Gasteiger partial charge in [-0.25, -0.2) is 19.3 Å². The molecule has 9 heteroatoms. The number of nitrogens with one attached hydrogen (secondary N) is 4. The maximum absolute atomic E-state index is 14.7. The summed E-state index contributed by atoms with van der Waals surface area (Å²) in [5.74, 6) is 0.505. The number of allylic oxidation sites excluding steroid dienone is 6. The van der Waals surface area contributed by atoms with Crippen molar-refractivity contribution in [3.63, 3.8) is 0 Å². The van der Waals surface area contributed by atoms with Gasteiger partial charge in [-0.15, -0.1) is 0 Å². The van der Waals surface area contributed by atoms with Crippen LogP contribution in [0.4, 0.5) is 21.8 Å². The van der Waals surface area contributed by atoms with Crippen LogP contribution in [0.3, 0.4) is 0 Å². The lowest BCUT2D eigenvalue weighted by molar-refractivity contribution is 0.589. The molecule has 0 atom stereocenters. The molecule has 0 saturated carbocycles. The summed E-state index contributed by atoms with van der Waals surface area (Å²) in [7, 11) is 1.83. The Labute approximate surface area is 193 Å². The summed E-state index contributed by atoms with van der Waals surface area (Å²) in [6.07, 6.45) is 8.13. The Hall–Kier alpha value is -3.59. The number of halogens is 1. The molecule has 33 heavy (non-hydrogen) atoms. The van der Waals surface area contributed by atoms with Gasteiger partial charge >= 0.3 is 0 Å². The first-order chi connectivity index (χ1) is 16.0. The number of nitrogens with zero attached hydrogens (tertiary/aromatic N) is 4. The van der Waals surface area contributed by atoms with Crippen molar-refractivity contribution in [3.8, 4) is 0 Å². The summed E-state index contributed by atoms with van der Waals surface area (Å²) < 4.78 is 14.7. The molecule has 4 rings (SSSR count). The standard InChI is InChI=1S/C24H29FN8/c1-15(2)22(27-3)18-12-16(4-6-20(18)26)23-19(25)14-30-24(32-23)31-21-7-5-17(13-29-21)33-10-8-28-9-11-33/h4-7,12-15,26-28H,8-11H2,1-3H3,(H,29,30,31,32)/b22-18-,26-20?. The average molecular weight is 449 g/mol. The first kappa shape index (κ1) is 22.6. The predicted octanol–water partition coefficient (Wildman–Crippen LogP) is 3.27. The molecule has 0 amide bonds. The van der Waals surface area contributed by atoms with E-state index < -0.39 is 5.82 Å². The van der Waals surface area contributed by atoms with Gasteiger partial charge in [0.15, 0.2) is 5.82 Å². The molecule has 0 spiro atoms. The molecular weight excluding hydrogens is 419 g/mol. The van der Waals surface area contributed by atoms with Gasteiger partial charge < -0.3 is 26.3 Å². The van der Waals surface area contributed by atoms with Gasteiger partial charge in [-0.3, -0.25) is 0 Å². The van der Waals surface area contributed by atoms with Crippen LogP contribution >= 0.6 is 0 Å². The highest BCUT2D eigenvalue weighted by atomic mass is 19.1. The third-order valence-electron chi connectivity index (χ3n) is 5.64. The van der Waals surface area contributed by atoms with Crippen LogP contribution in [0.15, 0.2) is 54.0 Å². The molecule has 1 aliphatic carbocycles. The highest BCUT2D eigenvalue weighted by Crippen LogP contribution is 2.27. The molecule has 0 aromatic carbocycles. The van der Waals surface area contributed by atoms with E-state index in [2.05, 4.69) is 35.8 Å². The van der Waals surface area contributed by atoms with Crippen LogP contribution in [0.2, 0.25) is 0 Å². The van der Waals surface area contributed by atoms with Crippen molar-refractivity contribution in [1.82, 2.24) is 25.6 Å². The van der Waals surface area contributed by atoms with E-state index in [1.54, 1.807) is 18.2 Å².